The zero-order valence-corrected chi connectivity index (χ0v) is 15.7. The Morgan fingerprint density at radius 1 is 1.20 bits per heavy atom. The highest BCUT2D eigenvalue weighted by molar-refractivity contribution is 5.89. The number of hydrogen-bond acceptors (Lipinski definition) is 4. The third-order valence-electron chi connectivity index (χ3n) is 4.24. The molecular weight excluding hydrogens is 361 g/mol. The van der Waals surface area contributed by atoms with Gasteiger partial charge in [-0.2, -0.15) is 5.10 Å². The molecule has 0 atom stereocenters. The van der Waals surface area contributed by atoms with Gasteiger partial charge in [0.2, 0.25) is 5.91 Å². The molecule has 2 aromatic rings. The number of rotatable bonds is 6. The molecule has 1 saturated heterocycles. The van der Waals surface area contributed by atoms with Gasteiger partial charge in [-0.25, -0.2) is 0 Å². The SMILES string of the molecule is Cl.Cl.O=C(CCC1CCNCC1)Nc1ccn(Cc2ccncc2)n1. The number of pyridine rings is 1. The topological polar surface area (TPSA) is 71.8 Å². The lowest BCUT2D eigenvalue weighted by Crippen LogP contribution is -2.28. The van der Waals surface area contributed by atoms with Crippen LogP contribution in [0.4, 0.5) is 5.82 Å². The molecule has 0 radical (unpaired) electrons. The van der Waals surface area contributed by atoms with E-state index in [1.165, 1.54) is 12.8 Å². The molecular formula is C17H25Cl2N5O. The average molecular weight is 386 g/mol. The van der Waals surface area contributed by atoms with Crippen LogP contribution in [0.1, 0.15) is 31.2 Å². The number of amides is 1. The van der Waals surface area contributed by atoms with Crippen molar-refractivity contribution in [3.05, 3.63) is 42.4 Å². The molecule has 0 bridgehead atoms. The lowest BCUT2D eigenvalue weighted by Gasteiger charge is -2.21. The van der Waals surface area contributed by atoms with Gasteiger partial charge in [-0.3, -0.25) is 14.5 Å². The predicted octanol–water partition coefficient (Wildman–Crippen LogP) is 2.89. The molecule has 1 fully saturated rings. The second-order valence-electron chi connectivity index (χ2n) is 6.03. The van der Waals surface area contributed by atoms with Crippen molar-refractivity contribution >= 4 is 36.5 Å². The van der Waals surface area contributed by atoms with Crippen LogP contribution >= 0.6 is 24.8 Å². The molecule has 25 heavy (non-hydrogen) atoms. The van der Waals surface area contributed by atoms with Crippen LogP contribution in [0.5, 0.6) is 0 Å². The summed E-state index contributed by atoms with van der Waals surface area (Å²) in [6, 6.07) is 5.75. The first-order chi connectivity index (χ1) is 11.3. The Kier molecular flexibility index (Phi) is 9.49. The maximum absolute atomic E-state index is 12.0. The normalized spacial score (nSPS) is 14.2. The van der Waals surface area contributed by atoms with Crippen molar-refractivity contribution in [3.8, 4) is 0 Å². The number of aromatic nitrogens is 3. The summed E-state index contributed by atoms with van der Waals surface area (Å²) in [5.74, 6) is 1.35. The van der Waals surface area contributed by atoms with Gasteiger partial charge in [0.15, 0.2) is 5.82 Å². The van der Waals surface area contributed by atoms with E-state index in [1.807, 2.05) is 29.1 Å². The fourth-order valence-corrected chi connectivity index (χ4v) is 2.90. The highest BCUT2D eigenvalue weighted by Gasteiger charge is 2.14. The fraction of sp³-hybridized carbons (Fsp3) is 0.471. The molecule has 2 N–H and O–H groups in total. The smallest absolute Gasteiger partial charge is 0.225 e. The van der Waals surface area contributed by atoms with Gasteiger partial charge in [-0.15, -0.1) is 24.8 Å². The summed E-state index contributed by atoms with van der Waals surface area (Å²) in [7, 11) is 0. The van der Waals surface area contributed by atoms with Crippen molar-refractivity contribution < 1.29 is 4.79 Å². The molecule has 0 unspecified atom stereocenters. The van der Waals surface area contributed by atoms with Gasteiger partial charge in [0.05, 0.1) is 6.54 Å². The van der Waals surface area contributed by atoms with E-state index >= 15 is 0 Å². The minimum absolute atomic E-state index is 0. The summed E-state index contributed by atoms with van der Waals surface area (Å²) in [6.07, 6.45) is 9.29. The Hall–Kier alpha value is -1.63. The van der Waals surface area contributed by atoms with Crippen LogP contribution in [0.2, 0.25) is 0 Å². The van der Waals surface area contributed by atoms with Crippen molar-refractivity contribution in [2.75, 3.05) is 18.4 Å². The quantitative estimate of drug-likeness (QED) is 0.801. The Morgan fingerprint density at radius 2 is 1.92 bits per heavy atom. The van der Waals surface area contributed by atoms with E-state index in [0.29, 0.717) is 24.7 Å². The molecule has 8 heteroatoms. The lowest BCUT2D eigenvalue weighted by molar-refractivity contribution is -0.116. The van der Waals surface area contributed by atoms with Crippen LogP contribution in [0.15, 0.2) is 36.8 Å². The lowest BCUT2D eigenvalue weighted by atomic mass is 9.93. The highest BCUT2D eigenvalue weighted by atomic mass is 35.5. The number of halogens is 2. The molecule has 1 amide bonds. The van der Waals surface area contributed by atoms with Gasteiger partial charge in [0.1, 0.15) is 0 Å². The van der Waals surface area contributed by atoms with Gasteiger partial charge in [-0.05, 0) is 56.0 Å². The van der Waals surface area contributed by atoms with Crippen LogP contribution in [0.25, 0.3) is 0 Å². The largest absolute Gasteiger partial charge is 0.317 e. The zero-order chi connectivity index (χ0) is 15.9. The number of piperidine rings is 1. The highest BCUT2D eigenvalue weighted by Crippen LogP contribution is 2.18. The summed E-state index contributed by atoms with van der Waals surface area (Å²) in [6.45, 7) is 2.82. The van der Waals surface area contributed by atoms with Gasteiger partial charge in [0, 0.05) is 31.1 Å². The Balaban J connectivity index is 0.00000156. The summed E-state index contributed by atoms with van der Waals surface area (Å²) >= 11 is 0. The van der Waals surface area contributed by atoms with Crippen molar-refractivity contribution in [1.29, 1.82) is 0 Å². The minimum Gasteiger partial charge on any atom is -0.317 e. The number of carbonyl (C=O) groups is 1. The monoisotopic (exact) mass is 385 g/mol. The molecule has 3 rings (SSSR count). The van der Waals surface area contributed by atoms with E-state index in [1.54, 1.807) is 12.4 Å². The minimum atomic E-state index is 0. The van der Waals surface area contributed by atoms with Crippen LogP contribution in [0.3, 0.4) is 0 Å². The zero-order valence-electron chi connectivity index (χ0n) is 14.1. The number of nitrogens with zero attached hydrogens (tertiary/aromatic N) is 3. The number of carbonyl (C=O) groups excluding carboxylic acids is 1. The number of hydrogen-bond donors (Lipinski definition) is 2. The molecule has 0 saturated carbocycles. The molecule has 138 valence electrons. The van der Waals surface area contributed by atoms with Crippen molar-refractivity contribution in [2.24, 2.45) is 5.92 Å². The first-order valence-corrected chi connectivity index (χ1v) is 8.22. The number of anilines is 1. The summed E-state index contributed by atoms with van der Waals surface area (Å²) in [5.41, 5.74) is 1.13. The van der Waals surface area contributed by atoms with Gasteiger partial charge < -0.3 is 10.6 Å². The average Bonchev–Trinajstić information content (AvgIpc) is 3.02. The van der Waals surface area contributed by atoms with E-state index in [2.05, 4.69) is 20.7 Å². The molecule has 0 aliphatic carbocycles. The fourth-order valence-electron chi connectivity index (χ4n) is 2.90. The molecule has 2 aromatic heterocycles. The Morgan fingerprint density at radius 3 is 2.64 bits per heavy atom. The first kappa shape index (κ1) is 21.4. The van der Waals surface area contributed by atoms with E-state index < -0.39 is 0 Å². The van der Waals surface area contributed by atoms with Crippen molar-refractivity contribution in [1.82, 2.24) is 20.1 Å². The maximum atomic E-state index is 12.0. The molecule has 0 aromatic carbocycles. The molecule has 6 nitrogen and oxygen atoms in total. The second kappa shape index (κ2) is 11.1. The van der Waals surface area contributed by atoms with Crippen LogP contribution < -0.4 is 10.6 Å². The molecule has 3 heterocycles. The standard InChI is InChI=1S/C17H23N5O.2ClH/c23-17(2-1-14-3-8-18-9-4-14)20-16-7-12-22(21-16)13-15-5-10-19-11-6-15;;/h5-7,10-12,14,18H,1-4,8-9,13H2,(H,20,21,23);2*1H. The molecule has 1 aliphatic rings. The summed E-state index contributed by atoms with van der Waals surface area (Å²) in [5, 5.41) is 10.6. The van der Waals surface area contributed by atoms with E-state index in [4.69, 9.17) is 0 Å². The van der Waals surface area contributed by atoms with Crippen LogP contribution in [-0.2, 0) is 11.3 Å². The second-order valence-corrected chi connectivity index (χ2v) is 6.03. The Bertz CT molecular complexity index is 629. The molecule has 1 aliphatic heterocycles. The summed E-state index contributed by atoms with van der Waals surface area (Å²) < 4.78 is 1.82. The third kappa shape index (κ3) is 7.02. The van der Waals surface area contributed by atoms with Crippen molar-refractivity contribution in [3.63, 3.8) is 0 Å². The Labute approximate surface area is 160 Å². The van der Waals surface area contributed by atoms with Gasteiger partial charge in [-0.1, -0.05) is 0 Å². The van der Waals surface area contributed by atoms with Gasteiger partial charge in [0.25, 0.3) is 0 Å². The van der Waals surface area contributed by atoms with E-state index in [0.717, 1.165) is 25.1 Å². The maximum Gasteiger partial charge on any atom is 0.225 e. The third-order valence-corrected chi connectivity index (χ3v) is 4.24. The van der Waals surface area contributed by atoms with Gasteiger partial charge >= 0.3 is 0 Å². The predicted molar refractivity (Wildman–Crippen MR) is 104 cm³/mol. The van der Waals surface area contributed by atoms with Crippen LogP contribution in [-0.4, -0.2) is 33.8 Å². The number of nitrogens with one attached hydrogen (secondary N) is 2. The van der Waals surface area contributed by atoms with E-state index in [-0.39, 0.29) is 30.7 Å². The summed E-state index contributed by atoms with van der Waals surface area (Å²) in [4.78, 5) is 16.0. The van der Waals surface area contributed by atoms with E-state index in [9.17, 15) is 4.79 Å². The van der Waals surface area contributed by atoms with Crippen LogP contribution in [0, 0.1) is 5.92 Å². The first-order valence-electron chi connectivity index (χ1n) is 8.22. The van der Waals surface area contributed by atoms with Crippen molar-refractivity contribution in [2.45, 2.75) is 32.2 Å². The molecule has 0 spiro atoms.